The highest BCUT2D eigenvalue weighted by molar-refractivity contribution is 5.42. The standard InChI is InChI=1S/C15H27N3/c1-6-16-14-7-8-17-15(10-14)11-18(5)13(4)9-12(2)3/h7-8,10,12-13H,6,9,11H2,1-5H3,(H,16,17). The first-order chi connectivity index (χ1) is 8.52. The van der Waals surface area contributed by atoms with Crippen molar-refractivity contribution in [3.8, 4) is 0 Å². The molecule has 0 amide bonds. The van der Waals surface area contributed by atoms with Gasteiger partial charge < -0.3 is 5.32 Å². The molecule has 1 N–H and O–H groups in total. The Morgan fingerprint density at radius 1 is 1.33 bits per heavy atom. The van der Waals surface area contributed by atoms with Crippen LogP contribution in [0.2, 0.25) is 0 Å². The van der Waals surface area contributed by atoms with Gasteiger partial charge in [-0.25, -0.2) is 0 Å². The van der Waals surface area contributed by atoms with Gasteiger partial charge in [0.1, 0.15) is 0 Å². The molecular formula is C15H27N3. The summed E-state index contributed by atoms with van der Waals surface area (Å²) in [7, 11) is 2.18. The number of nitrogens with zero attached hydrogens (tertiary/aromatic N) is 2. The molecule has 0 fully saturated rings. The summed E-state index contributed by atoms with van der Waals surface area (Å²) < 4.78 is 0. The number of anilines is 1. The highest BCUT2D eigenvalue weighted by Gasteiger charge is 2.12. The van der Waals surface area contributed by atoms with Crippen LogP contribution in [0.5, 0.6) is 0 Å². The van der Waals surface area contributed by atoms with Crippen molar-refractivity contribution in [3.63, 3.8) is 0 Å². The van der Waals surface area contributed by atoms with Gasteiger partial charge in [-0.2, -0.15) is 0 Å². The number of rotatable bonds is 7. The van der Waals surface area contributed by atoms with Crippen molar-refractivity contribution in [3.05, 3.63) is 24.0 Å². The van der Waals surface area contributed by atoms with Crippen LogP contribution in [0.3, 0.4) is 0 Å². The molecule has 0 saturated carbocycles. The molecule has 0 radical (unpaired) electrons. The van der Waals surface area contributed by atoms with Gasteiger partial charge in [-0.3, -0.25) is 9.88 Å². The summed E-state index contributed by atoms with van der Waals surface area (Å²) in [5.41, 5.74) is 2.29. The van der Waals surface area contributed by atoms with Crippen molar-refractivity contribution >= 4 is 5.69 Å². The number of hydrogen-bond donors (Lipinski definition) is 1. The van der Waals surface area contributed by atoms with E-state index in [1.165, 1.54) is 6.42 Å². The molecule has 1 unspecified atom stereocenters. The number of hydrogen-bond acceptors (Lipinski definition) is 3. The van der Waals surface area contributed by atoms with Crippen molar-refractivity contribution in [2.24, 2.45) is 5.92 Å². The second-order valence-electron chi connectivity index (χ2n) is 5.46. The molecule has 102 valence electrons. The maximum absolute atomic E-state index is 4.44. The fourth-order valence-corrected chi connectivity index (χ4v) is 2.15. The van der Waals surface area contributed by atoms with Crippen molar-refractivity contribution in [2.75, 3.05) is 18.9 Å². The van der Waals surface area contributed by atoms with Crippen LogP contribution in [0, 0.1) is 5.92 Å². The van der Waals surface area contributed by atoms with Gasteiger partial charge in [0, 0.05) is 31.0 Å². The summed E-state index contributed by atoms with van der Waals surface area (Å²) in [6.07, 6.45) is 3.11. The Morgan fingerprint density at radius 3 is 2.67 bits per heavy atom. The molecule has 0 spiro atoms. The van der Waals surface area contributed by atoms with Gasteiger partial charge >= 0.3 is 0 Å². The van der Waals surface area contributed by atoms with Crippen LogP contribution in [-0.4, -0.2) is 29.5 Å². The summed E-state index contributed by atoms with van der Waals surface area (Å²) in [6, 6.07) is 4.75. The molecule has 1 aromatic heterocycles. The molecule has 1 aromatic rings. The van der Waals surface area contributed by atoms with Gasteiger partial charge in [-0.15, -0.1) is 0 Å². The molecule has 1 atom stereocenters. The van der Waals surface area contributed by atoms with Gasteiger partial charge in [0.2, 0.25) is 0 Å². The second kappa shape index (κ2) is 7.37. The average molecular weight is 249 g/mol. The van der Waals surface area contributed by atoms with Crippen LogP contribution in [0.15, 0.2) is 18.3 Å². The monoisotopic (exact) mass is 249 g/mol. The van der Waals surface area contributed by atoms with E-state index in [1.54, 1.807) is 0 Å². The van der Waals surface area contributed by atoms with E-state index in [-0.39, 0.29) is 0 Å². The third kappa shape index (κ3) is 5.05. The summed E-state index contributed by atoms with van der Waals surface area (Å²) in [4.78, 5) is 6.81. The summed E-state index contributed by atoms with van der Waals surface area (Å²) in [6.45, 7) is 10.8. The van der Waals surface area contributed by atoms with Crippen LogP contribution in [-0.2, 0) is 6.54 Å². The summed E-state index contributed by atoms with van der Waals surface area (Å²) in [5, 5.41) is 3.32. The van der Waals surface area contributed by atoms with Crippen molar-refractivity contribution < 1.29 is 0 Å². The van der Waals surface area contributed by atoms with Crippen molar-refractivity contribution in [1.29, 1.82) is 0 Å². The Kier molecular flexibility index (Phi) is 6.13. The van der Waals surface area contributed by atoms with E-state index in [1.807, 2.05) is 12.3 Å². The van der Waals surface area contributed by atoms with Crippen molar-refractivity contribution in [2.45, 2.75) is 46.7 Å². The molecule has 18 heavy (non-hydrogen) atoms. The number of nitrogens with one attached hydrogen (secondary N) is 1. The van der Waals surface area contributed by atoms with Gasteiger partial charge in [0.25, 0.3) is 0 Å². The van der Waals surface area contributed by atoms with Crippen LogP contribution in [0.1, 0.15) is 39.8 Å². The molecule has 0 bridgehead atoms. The highest BCUT2D eigenvalue weighted by Crippen LogP contribution is 2.14. The zero-order valence-corrected chi connectivity index (χ0v) is 12.4. The lowest BCUT2D eigenvalue weighted by molar-refractivity contribution is 0.218. The zero-order chi connectivity index (χ0) is 13.5. The third-order valence-electron chi connectivity index (χ3n) is 3.17. The van der Waals surface area contributed by atoms with Gasteiger partial charge in [-0.05, 0) is 45.4 Å². The lowest BCUT2D eigenvalue weighted by Crippen LogP contribution is -2.30. The van der Waals surface area contributed by atoms with Gasteiger partial charge in [-0.1, -0.05) is 13.8 Å². The fraction of sp³-hybridized carbons (Fsp3) is 0.667. The molecular weight excluding hydrogens is 222 g/mol. The predicted molar refractivity (Wildman–Crippen MR) is 78.8 cm³/mol. The maximum Gasteiger partial charge on any atom is 0.0564 e. The smallest absolute Gasteiger partial charge is 0.0564 e. The van der Waals surface area contributed by atoms with Gasteiger partial charge in [0.05, 0.1) is 5.69 Å². The lowest BCUT2D eigenvalue weighted by Gasteiger charge is -2.25. The van der Waals surface area contributed by atoms with Crippen LogP contribution < -0.4 is 5.32 Å². The van der Waals surface area contributed by atoms with E-state index in [9.17, 15) is 0 Å². The minimum Gasteiger partial charge on any atom is -0.385 e. The van der Waals surface area contributed by atoms with E-state index >= 15 is 0 Å². The quantitative estimate of drug-likeness (QED) is 0.803. The van der Waals surface area contributed by atoms with Crippen LogP contribution >= 0.6 is 0 Å². The van der Waals surface area contributed by atoms with Crippen LogP contribution in [0.25, 0.3) is 0 Å². The highest BCUT2D eigenvalue weighted by atomic mass is 15.1. The Balaban J connectivity index is 2.57. The molecule has 3 nitrogen and oxygen atoms in total. The SMILES string of the molecule is CCNc1ccnc(CN(C)C(C)CC(C)C)c1. The van der Waals surface area contributed by atoms with Crippen LogP contribution in [0.4, 0.5) is 5.69 Å². The molecule has 0 aliphatic heterocycles. The molecule has 0 aliphatic rings. The minimum atomic E-state index is 0.592. The Hall–Kier alpha value is -1.09. The third-order valence-corrected chi connectivity index (χ3v) is 3.17. The first kappa shape index (κ1) is 15.0. The minimum absolute atomic E-state index is 0.592. The van der Waals surface area contributed by atoms with E-state index in [4.69, 9.17) is 0 Å². The lowest BCUT2D eigenvalue weighted by atomic mass is 10.0. The fourth-order valence-electron chi connectivity index (χ4n) is 2.15. The summed E-state index contributed by atoms with van der Waals surface area (Å²) in [5.74, 6) is 0.739. The average Bonchev–Trinajstić information content (AvgIpc) is 2.29. The first-order valence-electron chi connectivity index (χ1n) is 6.92. The zero-order valence-electron chi connectivity index (χ0n) is 12.4. The molecule has 0 aromatic carbocycles. The topological polar surface area (TPSA) is 28.2 Å². The van der Waals surface area contributed by atoms with E-state index < -0.39 is 0 Å². The normalized spacial score (nSPS) is 13.1. The predicted octanol–water partition coefficient (Wildman–Crippen LogP) is 3.38. The van der Waals surface area contributed by atoms with Crippen molar-refractivity contribution in [1.82, 2.24) is 9.88 Å². The van der Waals surface area contributed by atoms with E-state index in [0.717, 1.165) is 30.4 Å². The summed E-state index contributed by atoms with van der Waals surface area (Å²) >= 11 is 0. The first-order valence-corrected chi connectivity index (χ1v) is 6.92. The van der Waals surface area contributed by atoms with E-state index in [0.29, 0.717) is 6.04 Å². The largest absolute Gasteiger partial charge is 0.385 e. The Morgan fingerprint density at radius 2 is 2.06 bits per heavy atom. The second-order valence-corrected chi connectivity index (χ2v) is 5.46. The van der Waals surface area contributed by atoms with Gasteiger partial charge in [0.15, 0.2) is 0 Å². The molecule has 3 heteroatoms. The molecule has 1 heterocycles. The maximum atomic E-state index is 4.44. The number of aromatic nitrogens is 1. The molecule has 0 aliphatic carbocycles. The Bertz CT molecular complexity index is 349. The molecule has 0 saturated heterocycles. The Labute approximate surface area is 112 Å². The van der Waals surface area contributed by atoms with E-state index in [2.05, 4.69) is 56.0 Å². The molecule has 1 rings (SSSR count). The number of pyridine rings is 1.